The number of amides is 2. The largest absolute Gasteiger partial charge is 0.326 e. The van der Waals surface area contributed by atoms with Crippen LogP contribution in [0.25, 0.3) is 0 Å². The molecule has 5 heteroatoms. The van der Waals surface area contributed by atoms with Crippen molar-refractivity contribution in [3.05, 3.63) is 58.8 Å². The Bertz CT molecular complexity index is 722. The van der Waals surface area contributed by atoms with E-state index in [0.29, 0.717) is 28.6 Å². The quantitative estimate of drug-likeness (QED) is 0.805. The molecular weight excluding hydrogens is 308 g/mol. The zero-order valence-corrected chi connectivity index (χ0v) is 13.4. The van der Waals surface area contributed by atoms with E-state index in [-0.39, 0.29) is 11.8 Å². The van der Waals surface area contributed by atoms with E-state index in [0.717, 1.165) is 12.8 Å². The first-order valence-corrected chi connectivity index (χ1v) is 8.50. The van der Waals surface area contributed by atoms with Gasteiger partial charge in [-0.1, -0.05) is 24.3 Å². The lowest BCUT2D eigenvalue weighted by atomic mass is 10.1. The molecule has 2 N–H and O–H groups in total. The van der Waals surface area contributed by atoms with Crippen LogP contribution in [-0.2, 0) is 4.79 Å². The van der Waals surface area contributed by atoms with Crippen LogP contribution < -0.4 is 10.6 Å². The lowest BCUT2D eigenvalue weighted by molar-refractivity contribution is -0.116. The predicted molar refractivity (Wildman–Crippen MR) is 93.8 cm³/mol. The van der Waals surface area contributed by atoms with Crippen molar-refractivity contribution < 1.29 is 9.59 Å². The molecule has 2 aromatic rings. The van der Waals surface area contributed by atoms with Gasteiger partial charge in [-0.05, 0) is 48.4 Å². The standard InChI is InChI=1S/C18H18N2O2S/c21-17(11-13-5-1-2-6-13)19-14-7-3-8-15(12-14)20-18(22)16-9-4-10-23-16/h1,3-5,7-10,12-13H,2,6,11H2,(H,19,21)(H,20,22). The van der Waals surface area contributed by atoms with E-state index in [2.05, 4.69) is 22.8 Å². The number of rotatable bonds is 5. The molecule has 0 aliphatic heterocycles. The highest BCUT2D eigenvalue weighted by Gasteiger charge is 2.14. The lowest BCUT2D eigenvalue weighted by Crippen LogP contribution is -2.15. The molecule has 0 radical (unpaired) electrons. The summed E-state index contributed by atoms with van der Waals surface area (Å²) in [6.07, 6.45) is 6.84. The summed E-state index contributed by atoms with van der Waals surface area (Å²) in [5, 5.41) is 7.60. The Morgan fingerprint density at radius 1 is 1.13 bits per heavy atom. The van der Waals surface area contributed by atoms with Gasteiger partial charge in [0.25, 0.3) is 5.91 Å². The van der Waals surface area contributed by atoms with Gasteiger partial charge in [0.05, 0.1) is 4.88 Å². The summed E-state index contributed by atoms with van der Waals surface area (Å²) in [6.45, 7) is 0. The Morgan fingerprint density at radius 3 is 2.65 bits per heavy atom. The molecule has 4 nitrogen and oxygen atoms in total. The zero-order chi connectivity index (χ0) is 16.1. The smallest absolute Gasteiger partial charge is 0.265 e. The zero-order valence-electron chi connectivity index (χ0n) is 12.6. The van der Waals surface area contributed by atoms with Crippen molar-refractivity contribution in [1.82, 2.24) is 0 Å². The second kappa shape index (κ2) is 7.24. The van der Waals surface area contributed by atoms with Gasteiger partial charge in [0.1, 0.15) is 0 Å². The molecule has 1 unspecified atom stereocenters. The van der Waals surface area contributed by atoms with E-state index in [1.54, 1.807) is 18.2 Å². The molecule has 1 aliphatic rings. The maximum atomic E-state index is 12.1. The van der Waals surface area contributed by atoms with Crippen molar-refractivity contribution in [2.75, 3.05) is 10.6 Å². The maximum absolute atomic E-state index is 12.1. The van der Waals surface area contributed by atoms with Crippen molar-refractivity contribution in [2.24, 2.45) is 5.92 Å². The fraction of sp³-hybridized carbons (Fsp3) is 0.222. The highest BCUT2D eigenvalue weighted by atomic mass is 32.1. The SMILES string of the molecule is O=C(CC1C=CCC1)Nc1cccc(NC(=O)c2cccs2)c1. The van der Waals surface area contributed by atoms with Crippen LogP contribution in [0.2, 0.25) is 0 Å². The summed E-state index contributed by atoms with van der Waals surface area (Å²) in [4.78, 5) is 24.8. The summed E-state index contributed by atoms with van der Waals surface area (Å²) in [5.41, 5.74) is 1.36. The average molecular weight is 326 g/mol. The van der Waals surface area contributed by atoms with E-state index in [1.165, 1.54) is 11.3 Å². The number of allylic oxidation sites excluding steroid dienone is 2. The van der Waals surface area contributed by atoms with Gasteiger partial charge < -0.3 is 10.6 Å². The summed E-state index contributed by atoms with van der Waals surface area (Å²) in [6, 6.07) is 10.8. The van der Waals surface area contributed by atoms with Crippen LogP contribution in [0, 0.1) is 5.92 Å². The molecule has 1 atom stereocenters. The minimum absolute atomic E-state index is 0.00304. The van der Waals surface area contributed by atoms with Gasteiger partial charge in [0.2, 0.25) is 5.91 Å². The molecular formula is C18H18N2O2S. The first-order chi connectivity index (χ1) is 11.2. The molecule has 0 bridgehead atoms. The van der Waals surface area contributed by atoms with Crippen LogP contribution >= 0.6 is 11.3 Å². The van der Waals surface area contributed by atoms with Crippen LogP contribution in [0.5, 0.6) is 0 Å². The van der Waals surface area contributed by atoms with Gasteiger partial charge in [0, 0.05) is 17.8 Å². The number of carbonyl (C=O) groups is 2. The van der Waals surface area contributed by atoms with E-state index in [4.69, 9.17) is 0 Å². The first kappa shape index (κ1) is 15.5. The number of anilines is 2. The number of hydrogen-bond donors (Lipinski definition) is 2. The Kier molecular flexibility index (Phi) is 4.88. The van der Waals surface area contributed by atoms with Crippen molar-refractivity contribution in [3.63, 3.8) is 0 Å². The third-order valence-corrected chi connectivity index (χ3v) is 4.58. The minimum Gasteiger partial charge on any atom is -0.326 e. The predicted octanol–water partition coefficient (Wildman–Crippen LogP) is 4.30. The second-order valence-corrected chi connectivity index (χ2v) is 6.48. The van der Waals surface area contributed by atoms with Crippen molar-refractivity contribution in [3.8, 4) is 0 Å². The van der Waals surface area contributed by atoms with Crippen molar-refractivity contribution >= 4 is 34.5 Å². The van der Waals surface area contributed by atoms with Crippen LogP contribution in [0.1, 0.15) is 28.9 Å². The van der Waals surface area contributed by atoms with Gasteiger partial charge in [-0.3, -0.25) is 9.59 Å². The molecule has 0 fully saturated rings. The van der Waals surface area contributed by atoms with Gasteiger partial charge in [-0.25, -0.2) is 0 Å². The Balaban J connectivity index is 1.59. The van der Waals surface area contributed by atoms with E-state index in [9.17, 15) is 9.59 Å². The molecule has 1 heterocycles. The molecule has 0 spiro atoms. The molecule has 1 aromatic carbocycles. The average Bonchev–Trinajstić information content (AvgIpc) is 3.20. The summed E-state index contributed by atoms with van der Waals surface area (Å²) in [5.74, 6) is 0.208. The minimum atomic E-state index is -0.139. The third kappa shape index (κ3) is 4.29. The maximum Gasteiger partial charge on any atom is 0.265 e. The topological polar surface area (TPSA) is 58.2 Å². The van der Waals surface area contributed by atoms with Crippen LogP contribution in [0.3, 0.4) is 0 Å². The third-order valence-electron chi connectivity index (χ3n) is 3.71. The highest BCUT2D eigenvalue weighted by Crippen LogP contribution is 2.22. The van der Waals surface area contributed by atoms with Crippen LogP contribution in [-0.4, -0.2) is 11.8 Å². The number of carbonyl (C=O) groups excluding carboxylic acids is 2. The molecule has 118 valence electrons. The number of thiophene rings is 1. The normalized spacial score (nSPS) is 16.3. The van der Waals surface area contributed by atoms with E-state index < -0.39 is 0 Å². The summed E-state index contributed by atoms with van der Waals surface area (Å²) < 4.78 is 0. The second-order valence-electron chi connectivity index (χ2n) is 5.53. The fourth-order valence-corrected chi connectivity index (χ4v) is 3.21. The van der Waals surface area contributed by atoms with E-state index >= 15 is 0 Å². The van der Waals surface area contributed by atoms with Gasteiger partial charge in [-0.2, -0.15) is 0 Å². The lowest BCUT2D eigenvalue weighted by Gasteiger charge is -2.10. The van der Waals surface area contributed by atoms with E-state index in [1.807, 2.05) is 23.6 Å². The highest BCUT2D eigenvalue weighted by molar-refractivity contribution is 7.12. The molecule has 1 aromatic heterocycles. The molecule has 0 saturated heterocycles. The van der Waals surface area contributed by atoms with Crippen LogP contribution in [0.4, 0.5) is 11.4 Å². The molecule has 3 rings (SSSR count). The summed E-state index contributed by atoms with van der Waals surface area (Å²) in [7, 11) is 0. The van der Waals surface area contributed by atoms with Gasteiger partial charge >= 0.3 is 0 Å². The number of nitrogens with one attached hydrogen (secondary N) is 2. The Morgan fingerprint density at radius 2 is 1.96 bits per heavy atom. The molecule has 1 aliphatic carbocycles. The van der Waals surface area contributed by atoms with Crippen LogP contribution in [0.15, 0.2) is 53.9 Å². The number of benzene rings is 1. The van der Waals surface area contributed by atoms with Crippen molar-refractivity contribution in [2.45, 2.75) is 19.3 Å². The fourth-order valence-electron chi connectivity index (χ4n) is 2.59. The van der Waals surface area contributed by atoms with Gasteiger partial charge in [0.15, 0.2) is 0 Å². The van der Waals surface area contributed by atoms with Gasteiger partial charge in [-0.15, -0.1) is 11.3 Å². The molecule has 23 heavy (non-hydrogen) atoms. The van der Waals surface area contributed by atoms with Crippen molar-refractivity contribution in [1.29, 1.82) is 0 Å². The number of hydrogen-bond acceptors (Lipinski definition) is 3. The Hall–Kier alpha value is -2.40. The monoisotopic (exact) mass is 326 g/mol. The molecule has 2 amide bonds. The first-order valence-electron chi connectivity index (χ1n) is 7.62. The molecule has 0 saturated carbocycles. The summed E-state index contributed by atoms with van der Waals surface area (Å²) >= 11 is 1.39. The Labute approximate surface area is 139 Å².